The molecule has 9 heteroatoms. The predicted molar refractivity (Wildman–Crippen MR) is 176 cm³/mol. The van der Waals surface area contributed by atoms with Crippen molar-refractivity contribution in [2.75, 3.05) is 56.6 Å². The number of alkyl halides is 3. The highest BCUT2D eigenvalue weighted by molar-refractivity contribution is 7.08. The zero-order valence-electron chi connectivity index (χ0n) is 25.9. The number of nitrogens with two attached hydrogens (primary N) is 1. The third-order valence-corrected chi connectivity index (χ3v) is 6.96. The molecule has 1 saturated heterocycles. The number of nitrogens with zero attached hydrogens (tertiary/aromatic N) is 2. The standard InChI is InChI=1S/C17H27N3S.C9H11F3N2.C3H8.C3H6/c1-4-9-20-11-7-16(8-12-20)19(3)10-6-15-13-21-14-17(15)18-5-2;1-5-3-6(9(10,11)12)8(14-2)7(13)4-5;2*1-3-2/h4-5,13-14,16,18H,1-2,6-12H2,3H3;3-4,14H,13H2,1-2H3;3H2,1-2H3;3H,1H2,2H3. The summed E-state index contributed by atoms with van der Waals surface area (Å²) in [6.07, 6.45) is 6.03. The smallest absolute Gasteiger partial charge is 0.397 e. The molecular formula is C32H52F3N5S. The molecule has 0 bridgehead atoms. The Bertz CT molecular complexity index is 1010. The summed E-state index contributed by atoms with van der Waals surface area (Å²) in [7, 11) is 3.68. The maximum absolute atomic E-state index is 12.5. The van der Waals surface area contributed by atoms with Crippen LogP contribution in [-0.4, -0.2) is 56.1 Å². The van der Waals surface area contributed by atoms with E-state index in [4.69, 9.17) is 5.73 Å². The van der Waals surface area contributed by atoms with Gasteiger partial charge in [0.2, 0.25) is 0 Å². The highest BCUT2D eigenvalue weighted by Crippen LogP contribution is 2.38. The van der Waals surface area contributed by atoms with Gasteiger partial charge in [-0.1, -0.05) is 39.0 Å². The molecule has 0 aliphatic carbocycles. The van der Waals surface area contributed by atoms with Gasteiger partial charge >= 0.3 is 6.18 Å². The number of rotatable bonds is 9. The van der Waals surface area contributed by atoms with Crippen molar-refractivity contribution in [1.82, 2.24) is 9.80 Å². The fourth-order valence-electron chi connectivity index (χ4n) is 4.28. The van der Waals surface area contributed by atoms with Crippen LogP contribution in [0.3, 0.4) is 0 Å². The van der Waals surface area contributed by atoms with E-state index in [1.165, 1.54) is 56.7 Å². The topological polar surface area (TPSA) is 56.6 Å². The number of hydrogen-bond donors (Lipinski definition) is 3. The quantitative estimate of drug-likeness (QED) is 0.200. The number of piperidine rings is 1. The molecular weight excluding hydrogens is 543 g/mol. The number of allylic oxidation sites excluding steroid dienone is 1. The van der Waals surface area contributed by atoms with Crippen LogP contribution in [0.5, 0.6) is 0 Å². The van der Waals surface area contributed by atoms with Crippen molar-refractivity contribution in [2.24, 2.45) is 0 Å². The van der Waals surface area contributed by atoms with E-state index in [0.717, 1.165) is 31.6 Å². The first-order valence-corrected chi connectivity index (χ1v) is 15.1. The number of nitrogen functional groups attached to an aromatic ring is 1. The average molecular weight is 596 g/mol. The first-order valence-electron chi connectivity index (χ1n) is 14.1. The van der Waals surface area contributed by atoms with Gasteiger partial charge in [-0.2, -0.15) is 13.2 Å². The SMILES string of the molecule is C=CC.C=CCN1CCC(N(C)CCc2cscc2NC=C)CC1.CCC.CNc1c(N)cc(C)cc1C(F)(F)F. The van der Waals surface area contributed by atoms with Crippen LogP contribution in [-0.2, 0) is 12.6 Å². The first kappa shape index (κ1) is 38.2. The van der Waals surface area contributed by atoms with E-state index in [9.17, 15) is 13.2 Å². The highest BCUT2D eigenvalue weighted by atomic mass is 32.1. The van der Waals surface area contributed by atoms with Crippen LogP contribution in [0.15, 0.2) is 61.0 Å². The summed E-state index contributed by atoms with van der Waals surface area (Å²) >= 11 is 1.75. The van der Waals surface area contributed by atoms with E-state index >= 15 is 0 Å². The van der Waals surface area contributed by atoms with Gasteiger partial charge in [-0.3, -0.25) is 4.90 Å². The van der Waals surface area contributed by atoms with Crippen molar-refractivity contribution >= 4 is 28.4 Å². The lowest BCUT2D eigenvalue weighted by atomic mass is 10.0. The molecule has 0 saturated carbocycles. The molecule has 1 fully saturated rings. The monoisotopic (exact) mass is 595 g/mol. The maximum atomic E-state index is 12.5. The van der Waals surface area contributed by atoms with Crippen LogP contribution in [0.2, 0.25) is 0 Å². The molecule has 4 N–H and O–H groups in total. The minimum Gasteiger partial charge on any atom is -0.397 e. The molecule has 232 valence electrons. The molecule has 0 radical (unpaired) electrons. The largest absolute Gasteiger partial charge is 0.418 e. The molecule has 5 nitrogen and oxygen atoms in total. The van der Waals surface area contributed by atoms with Gasteiger partial charge < -0.3 is 21.3 Å². The predicted octanol–water partition coefficient (Wildman–Crippen LogP) is 8.67. The Labute approximate surface area is 251 Å². The van der Waals surface area contributed by atoms with Gasteiger partial charge in [-0.25, -0.2) is 0 Å². The molecule has 3 rings (SSSR count). The zero-order chi connectivity index (χ0) is 31.4. The van der Waals surface area contributed by atoms with Gasteiger partial charge in [-0.15, -0.1) is 24.5 Å². The van der Waals surface area contributed by atoms with Gasteiger partial charge in [0.15, 0.2) is 0 Å². The molecule has 41 heavy (non-hydrogen) atoms. The van der Waals surface area contributed by atoms with Gasteiger partial charge in [0.05, 0.1) is 22.6 Å². The van der Waals surface area contributed by atoms with Crippen molar-refractivity contribution in [3.63, 3.8) is 0 Å². The molecule has 2 heterocycles. The Morgan fingerprint density at radius 1 is 1.15 bits per heavy atom. The van der Waals surface area contributed by atoms with Gasteiger partial charge in [0.1, 0.15) is 0 Å². The van der Waals surface area contributed by atoms with Crippen LogP contribution < -0.4 is 16.4 Å². The van der Waals surface area contributed by atoms with E-state index in [2.05, 4.69) is 71.8 Å². The number of aryl methyl sites for hydroxylation is 1. The summed E-state index contributed by atoms with van der Waals surface area (Å²) in [5, 5.41) is 10.1. The summed E-state index contributed by atoms with van der Waals surface area (Å²) in [6, 6.07) is 3.30. The fourth-order valence-corrected chi connectivity index (χ4v) is 5.11. The van der Waals surface area contributed by atoms with Crippen LogP contribution >= 0.6 is 11.3 Å². The van der Waals surface area contributed by atoms with E-state index < -0.39 is 11.7 Å². The number of likely N-dealkylation sites (N-methyl/N-ethyl adjacent to an activating group) is 1. The summed E-state index contributed by atoms with van der Waals surface area (Å²) in [6.45, 7) is 23.2. The van der Waals surface area contributed by atoms with Crippen molar-refractivity contribution in [3.8, 4) is 0 Å². The van der Waals surface area contributed by atoms with Crippen molar-refractivity contribution in [2.45, 2.75) is 65.6 Å². The number of benzene rings is 1. The third kappa shape index (κ3) is 14.6. The van der Waals surface area contributed by atoms with Crippen LogP contribution in [0, 0.1) is 6.92 Å². The minimum atomic E-state index is -4.38. The van der Waals surface area contributed by atoms with E-state index in [0.29, 0.717) is 5.56 Å². The molecule has 1 aliphatic heterocycles. The lowest BCUT2D eigenvalue weighted by Gasteiger charge is -2.36. The number of nitrogens with one attached hydrogen (secondary N) is 2. The molecule has 0 amide bonds. The molecule has 0 spiro atoms. The van der Waals surface area contributed by atoms with Crippen LogP contribution in [0.1, 0.15) is 56.7 Å². The molecule has 0 atom stereocenters. The molecule has 2 aromatic rings. The Kier molecular flexibility index (Phi) is 19.6. The fraction of sp³-hybridized carbons (Fsp3) is 0.500. The van der Waals surface area contributed by atoms with Crippen molar-refractivity contribution < 1.29 is 13.2 Å². The highest BCUT2D eigenvalue weighted by Gasteiger charge is 2.34. The van der Waals surface area contributed by atoms with Crippen LogP contribution in [0.25, 0.3) is 0 Å². The van der Waals surface area contributed by atoms with Crippen molar-refractivity contribution in [1.29, 1.82) is 0 Å². The second-order valence-electron chi connectivity index (χ2n) is 9.85. The third-order valence-electron chi connectivity index (χ3n) is 6.17. The Balaban J connectivity index is 0.000000690. The van der Waals surface area contributed by atoms with E-state index in [-0.39, 0.29) is 11.4 Å². The molecule has 1 aliphatic rings. The number of anilines is 3. The van der Waals surface area contributed by atoms with Gasteiger partial charge in [0.25, 0.3) is 0 Å². The number of thiophene rings is 1. The number of hydrogen-bond acceptors (Lipinski definition) is 6. The second kappa shape index (κ2) is 21.0. The number of halogens is 3. The Morgan fingerprint density at radius 3 is 2.22 bits per heavy atom. The van der Waals surface area contributed by atoms with E-state index in [1.807, 2.05) is 13.0 Å². The second-order valence-corrected chi connectivity index (χ2v) is 10.6. The molecule has 1 aromatic carbocycles. The van der Waals surface area contributed by atoms with Crippen LogP contribution in [0.4, 0.5) is 30.2 Å². The molecule has 0 unspecified atom stereocenters. The van der Waals surface area contributed by atoms with Gasteiger partial charge in [0, 0.05) is 31.6 Å². The number of likely N-dealkylation sites (tertiary alicyclic amines) is 1. The Hall–Kier alpha value is -2.75. The molecule has 1 aromatic heterocycles. The summed E-state index contributed by atoms with van der Waals surface area (Å²) in [5.41, 5.74) is 7.89. The van der Waals surface area contributed by atoms with Crippen molar-refractivity contribution in [3.05, 3.63) is 77.7 Å². The van der Waals surface area contributed by atoms with E-state index in [1.54, 1.807) is 30.5 Å². The lowest BCUT2D eigenvalue weighted by molar-refractivity contribution is -0.136. The minimum absolute atomic E-state index is 0.0666. The first-order chi connectivity index (χ1) is 19.4. The average Bonchev–Trinajstić information content (AvgIpc) is 3.35. The zero-order valence-corrected chi connectivity index (χ0v) is 26.7. The summed E-state index contributed by atoms with van der Waals surface area (Å²) in [4.78, 5) is 5.02. The Morgan fingerprint density at radius 2 is 1.73 bits per heavy atom. The summed E-state index contributed by atoms with van der Waals surface area (Å²) < 4.78 is 37.5. The van der Waals surface area contributed by atoms with Gasteiger partial charge in [-0.05, 0) is 88.1 Å². The summed E-state index contributed by atoms with van der Waals surface area (Å²) in [5.74, 6) is 0. The maximum Gasteiger partial charge on any atom is 0.418 e. The lowest BCUT2D eigenvalue weighted by Crippen LogP contribution is -2.43. The normalized spacial score (nSPS) is 13.4.